The summed E-state index contributed by atoms with van der Waals surface area (Å²) < 4.78 is 5.60. The number of carbonyl (C=O) groups excluding carboxylic acids is 1. The molecule has 0 radical (unpaired) electrons. The molecule has 0 saturated heterocycles. The van der Waals surface area contributed by atoms with E-state index in [0.717, 1.165) is 56.3 Å². The van der Waals surface area contributed by atoms with Crippen molar-refractivity contribution in [2.24, 2.45) is 23.2 Å². The van der Waals surface area contributed by atoms with Gasteiger partial charge in [-0.15, -0.1) is 0 Å². The molecule has 4 rings (SSSR count). The average molecular weight is 262 g/mol. The van der Waals surface area contributed by atoms with Crippen molar-refractivity contribution in [3.63, 3.8) is 0 Å². The first kappa shape index (κ1) is 13.2. The minimum Gasteiger partial charge on any atom is -0.431 e. The number of hydrogen-bond donors (Lipinski definition) is 0. The second-order valence-electron chi connectivity index (χ2n) is 7.23. The van der Waals surface area contributed by atoms with E-state index in [4.69, 9.17) is 4.74 Å². The number of unbranched alkanes of at least 4 members (excludes halogenated alkanes) is 1. The quantitative estimate of drug-likeness (QED) is 0.540. The van der Waals surface area contributed by atoms with E-state index < -0.39 is 0 Å². The zero-order valence-electron chi connectivity index (χ0n) is 12.1. The van der Waals surface area contributed by atoms with Gasteiger partial charge >= 0.3 is 5.97 Å². The summed E-state index contributed by atoms with van der Waals surface area (Å²) in [6.07, 6.45) is 10.3. The van der Waals surface area contributed by atoms with Crippen LogP contribution in [-0.4, -0.2) is 5.97 Å². The van der Waals surface area contributed by atoms with Gasteiger partial charge < -0.3 is 4.74 Å². The van der Waals surface area contributed by atoms with Gasteiger partial charge in [0.15, 0.2) is 0 Å². The summed E-state index contributed by atoms with van der Waals surface area (Å²) in [4.78, 5) is 12.6. The molecule has 0 aromatic carbocycles. The van der Waals surface area contributed by atoms with Gasteiger partial charge in [-0.1, -0.05) is 19.9 Å². The normalized spacial score (nSPS) is 39.3. The molecule has 4 fully saturated rings. The molecule has 0 unspecified atom stereocenters. The lowest BCUT2D eigenvalue weighted by molar-refractivity contribution is -0.167. The molecule has 19 heavy (non-hydrogen) atoms. The Morgan fingerprint density at radius 2 is 1.68 bits per heavy atom. The summed E-state index contributed by atoms with van der Waals surface area (Å²) in [7, 11) is 0. The van der Waals surface area contributed by atoms with Crippen molar-refractivity contribution in [2.75, 3.05) is 0 Å². The SMILES string of the molecule is C=C(CCCC)OC(=O)C12CC3CC(CC(C3)C1)C2. The van der Waals surface area contributed by atoms with Crippen LogP contribution in [0, 0.1) is 23.2 Å². The van der Waals surface area contributed by atoms with Crippen molar-refractivity contribution in [1.29, 1.82) is 0 Å². The fraction of sp³-hybridized carbons (Fsp3) is 0.824. The van der Waals surface area contributed by atoms with Crippen LogP contribution in [0.2, 0.25) is 0 Å². The summed E-state index contributed by atoms with van der Waals surface area (Å²) in [5.41, 5.74) is -0.135. The summed E-state index contributed by atoms with van der Waals surface area (Å²) in [5, 5.41) is 0. The Kier molecular flexibility index (Phi) is 3.44. The van der Waals surface area contributed by atoms with Crippen molar-refractivity contribution >= 4 is 5.97 Å². The van der Waals surface area contributed by atoms with Gasteiger partial charge in [0.2, 0.25) is 0 Å². The molecule has 0 spiro atoms. The highest BCUT2D eigenvalue weighted by Crippen LogP contribution is 2.60. The van der Waals surface area contributed by atoms with Crippen LogP contribution in [0.15, 0.2) is 12.3 Å². The Balaban J connectivity index is 1.64. The van der Waals surface area contributed by atoms with Crippen LogP contribution in [0.25, 0.3) is 0 Å². The van der Waals surface area contributed by atoms with Gasteiger partial charge in [-0.3, -0.25) is 4.79 Å². The van der Waals surface area contributed by atoms with Crippen LogP contribution in [0.3, 0.4) is 0 Å². The Labute approximate surface area is 116 Å². The molecule has 0 aromatic rings. The van der Waals surface area contributed by atoms with E-state index >= 15 is 0 Å². The van der Waals surface area contributed by atoms with Crippen LogP contribution < -0.4 is 0 Å². The number of carbonyl (C=O) groups is 1. The zero-order chi connectivity index (χ0) is 13.5. The highest BCUT2D eigenvalue weighted by Gasteiger charge is 2.55. The van der Waals surface area contributed by atoms with E-state index in [1.165, 1.54) is 19.3 Å². The highest BCUT2D eigenvalue weighted by molar-refractivity contribution is 5.78. The Morgan fingerprint density at radius 1 is 1.16 bits per heavy atom. The maximum absolute atomic E-state index is 12.6. The van der Waals surface area contributed by atoms with Gasteiger partial charge in [-0.2, -0.15) is 0 Å². The van der Waals surface area contributed by atoms with Crippen LogP contribution in [0.4, 0.5) is 0 Å². The molecule has 4 bridgehead atoms. The number of ether oxygens (including phenoxy) is 1. The molecule has 0 heterocycles. The third-order valence-electron chi connectivity index (χ3n) is 5.52. The van der Waals surface area contributed by atoms with Crippen molar-refractivity contribution in [3.8, 4) is 0 Å². The average Bonchev–Trinajstić information content (AvgIpc) is 2.34. The largest absolute Gasteiger partial charge is 0.431 e. The van der Waals surface area contributed by atoms with Crippen molar-refractivity contribution in [1.82, 2.24) is 0 Å². The predicted octanol–water partition coefficient (Wildman–Crippen LogP) is 4.45. The van der Waals surface area contributed by atoms with Crippen molar-refractivity contribution < 1.29 is 9.53 Å². The number of esters is 1. The minimum atomic E-state index is -0.135. The molecule has 0 amide bonds. The van der Waals surface area contributed by atoms with Gasteiger partial charge in [-0.05, 0) is 62.7 Å². The van der Waals surface area contributed by atoms with Crippen molar-refractivity contribution in [3.05, 3.63) is 12.3 Å². The van der Waals surface area contributed by atoms with E-state index in [1.54, 1.807) is 0 Å². The fourth-order valence-electron chi connectivity index (χ4n) is 5.02. The van der Waals surface area contributed by atoms with E-state index in [0.29, 0.717) is 5.76 Å². The molecule has 2 heteroatoms. The molecule has 0 aliphatic heterocycles. The van der Waals surface area contributed by atoms with Gasteiger partial charge in [0, 0.05) is 6.42 Å². The number of hydrogen-bond acceptors (Lipinski definition) is 2. The molecule has 4 saturated carbocycles. The standard InChI is InChI=1S/C17H26O2/c1-3-4-5-12(2)19-16(18)17-9-13-6-14(10-17)8-15(7-13)11-17/h13-15H,2-11H2,1H3. The predicted molar refractivity (Wildman–Crippen MR) is 75.4 cm³/mol. The highest BCUT2D eigenvalue weighted by atomic mass is 16.5. The van der Waals surface area contributed by atoms with Crippen LogP contribution in [0.1, 0.15) is 64.7 Å². The summed E-state index contributed by atoms with van der Waals surface area (Å²) >= 11 is 0. The third-order valence-corrected chi connectivity index (χ3v) is 5.52. The molecule has 2 nitrogen and oxygen atoms in total. The lowest BCUT2D eigenvalue weighted by Gasteiger charge is -2.55. The van der Waals surface area contributed by atoms with Crippen LogP contribution >= 0.6 is 0 Å². The molecule has 0 atom stereocenters. The van der Waals surface area contributed by atoms with E-state index in [9.17, 15) is 4.79 Å². The molecule has 4 aliphatic carbocycles. The minimum absolute atomic E-state index is 0.0488. The summed E-state index contributed by atoms with van der Waals surface area (Å²) in [5.74, 6) is 3.11. The summed E-state index contributed by atoms with van der Waals surface area (Å²) in [6, 6.07) is 0. The first-order chi connectivity index (χ1) is 9.11. The second kappa shape index (κ2) is 4.96. The van der Waals surface area contributed by atoms with Gasteiger partial charge in [0.05, 0.1) is 5.41 Å². The van der Waals surface area contributed by atoms with Gasteiger partial charge in [-0.25, -0.2) is 0 Å². The molecular formula is C17H26O2. The smallest absolute Gasteiger partial charge is 0.317 e. The topological polar surface area (TPSA) is 26.3 Å². The molecular weight excluding hydrogens is 236 g/mol. The number of rotatable bonds is 5. The van der Waals surface area contributed by atoms with E-state index in [1.807, 2.05) is 0 Å². The lowest BCUT2D eigenvalue weighted by atomic mass is 9.49. The number of allylic oxidation sites excluding steroid dienone is 1. The molecule has 106 valence electrons. The fourth-order valence-corrected chi connectivity index (χ4v) is 5.02. The lowest BCUT2D eigenvalue weighted by Crippen LogP contribution is -2.50. The summed E-state index contributed by atoms with van der Waals surface area (Å²) in [6.45, 7) is 6.06. The monoisotopic (exact) mass is 262 g/mol. The van der Waals surface area contributed by atoms with Crippen molar-refractivity contribution in [2.45, 2.75) is 64.7 Å². The first-order valence-corrected chi connectivity index (χ1v) is 8.01. The van der Waals surface area contributed by atoms with Gasteiger partial charge in [0.25, 0.3) is 0 Å². The van der Waals surface area contributed by atoms with E-state index in [-0.39, 0.29) is 11.4 Å². The molecule has 4 aliphatic rings. The zero-order valence-corrected chi connectivity index (χ0v) is 12.1. The first-order valence-electron chi connectivity index (χ1n) is 8.01. The Morgan fingerprint density at radius 3 is 2.16 bits per heavy atom. The maximum Gasteiger partial charge on any atom is 0.317 e. The Hall–Kier alpha value is -0.790. The molecule has 0 aromatic heterocycles. The molecule has 0 N–H and O–H groups in total. The van der Waals surface area contributed by atoms with Crippen LogP contribution in [-0.2, 0) is 9.53 Å². The third kappa shape index (κ3) is 2.46. The van der Waals surface area contributed by atoms with Gasteiger partial charge in [0.1, 0.15) is 5.76 Å². The Bertz CT molecular complexity index is 347. The second-order valence-corrected chi connectivity index (χ2v) is 7.23. The van der Waals surface area contributed by atoms with Crippen LogP contribution in [0.5, 0.6) is 0 Å². The maximum atomic E-state index is 12.6. The van der Waals surface area contributed by atoms with E-state index in [2.05, 4.69) is 13.5 Å².